The lowest BCUT2D eigenvalue weighted by Crippen LogP contribution is -2.22. The van der Waals surface area contributed by atoms with Crippen molar-refractivity contribution >= 4 is 14.5 Å². The van der Waals surface area contributed by atoms with Crippen molar-refractivity contribution < 1.29 is 0 Å². The monoisotopic (exact) mass is 206 g/mol. The Balaban J connectivity index is 2.51. The van der Waals surface area contributed by atoms with Crippen LogP contribution in [-0.4, -0.2) is 0 Å². The molecule has 1 aliphatic carbocycles. The van der Waals surface area contributed by atoms with Gasteiger partial charge in [-0.15, -0.1) is 9.24 Å². The first-order valence-electron chi connectivity index (χ1n) is 5.43. The van der Waals surface area contributed by atoms with Gasteiger partial charge in [0.15, 0.2) is 0 Å². The molecule has 1 aliphatic rings. The third-order valence-corrected chi connectivity index (χ3v) is 4.18. The maximum absolute atomic E-state index is 2.89. The van der Waals surface area contributed by atoms with Gasteiger partial charge >= 0.3 is 0 Å². The van der Waals surface area contributed by atoms with Crippen molar-refractivity contribution in [3.8, 4) is 0 Å². The average molecular weight is 206 g/mol. The second-order valence-corrected chi connectivity index (χ2v) is 5.47. The zero-order valence-electron chi connectivity index (χ0n) is 9.30. The average Bonchev–Trinajstić information content (AvgIpc) is 2.85. The summed E-state index contributed by atoms with van der Waals surface area (Å²) in [6.45, 7) is 6.94. The van der Waals surface area contributed by atoms with Crippen molar-refractivity contribution in [3.63, 3.8) is 0 Å². The largest absolute Gasteiger partial charge is 0.105 e. The van der Waals surface area contributed by atoms with Crippen molar-refractivity contribution in [2.75, 3.05) is 0 Å². The van der Waals surface area contributed by atoms with Gasteiger partial charge in [0.1, 0.15) is 0 Å². The van der Waals surface area contributed by atoms with Gasteiger partial charge in [0.2, 0.25) is 0 Å². The highest BCUT2D eigenvalue weighted by Crippen LogP contribution is 2.54. The number of hydrogen-bond acceptors (Lipinski definition) is 0. The van der Waals surface area contributed by atoms with Crippen molar-refractivity contribution in [1.29, 1.82) is 0 Å². The van der Waals surface area contributed by atoms with E-state index >= 15 is 0 Å². The molecule has 1 atom stereocenters. The Hall–Kier alpha value is -0.350. The minimum Gasteiger partial charge on any atom is -0.105 e. The molecule has 1 heteroatoms. The van der Waals surface area contributed by atoms with Crippen LogP contribution in [0, 0.1) is 12.8 Å². The van der Waals surface area contributed by atoms with Crippen LogP contribution in [-0.2, 0) is 5.41 Å². The van der Waals surface area contributed by atoms with E-state index in [2.05, 4.69) is 48.2 Å². The highest BCUT2D eigenvalue weighted by atomic mass is 31.0. The summed E-state index contributed by atoms with van der Waals surface area (Å²) in [5.41, 5.74) is 3.56. The Kier molecular flexibility index (Phi) is 2.43. The lowest BCUT2D eigenvalue weighted by Gasteiger charge is -2.24. The van der Waals surface area contributed by atoms with E-state index < -0.39 is 0 Å². The van der Waals surface area contributed by atoms with Crippen LogP contribution in [0.25, 0.3) is 0 Å². The summed E-state index contributed by atoms with van der Waals surface area (Å²) in [6, 6.07) is 6.61. The molecule has 0 amide bonds. The fourth-order valence-electron chi connectivity index (χ4n) is 2.62. The molecule has 0 N–H and O–H groups in total. The van der Waals surface area contributed by atoms with Gasteiger partial charge in [0, 0.05) is 0 Å². The van der Waals surface area contributed by atoms with E-state index in [1.54, 1.807) is 5.56 Å². The Labute approximate surface area is 89.3 Å². The summed E-state index contributed by atoms with van der Waals surface area (Å²) in [5.74, 6) is 0.767. The van der Waals surface area contributed by atoms with Crippen LogP contribution in [0.2, 0.25) is 0 Å². The molecule has 1 aromatic carbocycles. The topological polar surface area (TPSA) is 0 Å². The molecular weight excluding hydrogens is 187 g/mol. The van der Waals surface area contributed by atoms with Crippen LogP contribution in [0.5, 0.6) is 0 Å². The predicted molar refractivity (Wildman–Crippen MR) is 66.3 cm³/mol. The smallest absolute Gasteiger partial charge is 0.00146 e. The summed E-state index contributed by atoms with van der Waals surface area (Å²) in [5, 5.41) is 1.40. The summed E-state index contributed by atoms with van der Waals surface area (Å²) < 4.78 is 0. The first-order valence-corrected chi connectivity index (χ1v) is 6.01. The fraction of sp³-hybridized carbons (Fsp3) is 0.538. The minimum atomic E-state index is 0.502. The quantitative estimate of drug-likeness (QED) is 0.652. The van der Waals surface area contributed by atoms with Crippen molar-refractivity contribution in [2.24, 2.45) is 5.92 Å². The van der Waals surface area contributed by atoms with Crippen LogP contribution < -0.4 is 5.30 Å². The van der Waals surface area contributed by atoms with Gasteiger partial charge in [-0.2, -0.15) is 0 Å². The molecule has 1 aromatic rings. The van der Waals surface area contributed by atoms with Gasteiger partial charge < -0.3 is 0 Å². The van der Waals surface area contributed by atoms with Crippen molar-refractivity contribution in [3.05, 3.63) is 29.3 Å². The Morgan fingerprint density at radius 2 is 1.93 bits per heavy atom. The molecule has 0 saturated heterocycles. The van der Waals surface area contributed by atoms with Gasteiger partial charge in [-0.05, 0) is 47.5 Å². The normalized spacial score (nSPS) is 18.6. The van der Waals surface area contributed by atoms with E-state index in [0.717, 1.165) is 5.92 Å². The van der Waals surface area contributed by atoms with Crippen LogP contribution in [0.15, 0.2) is 18.2 Å². The Morgan fingerprint density at radius 1 is 1.29 bits per heavy atom. The van der Waals surface area contributed by atoms with Gasteiger partial charge in [-0.3, -0.25) is 0 Å². The molecule has 2 rings (SSSR count). The number of hydrogen-bond donors (Lipinski definition) is 0. The van der Waals surface area contributed by atoms with Crippen molar-refractivity contribution in [2.45, 2.75) is 39.0 Å². The standard InChI is InChI=1S/C13H19P/c1-9(2)13(7-8-13)12-10(3)5-4-6-11(12)14/h4-6,9H,7-8,14H2,1-3H3. The molecule has 76 valence electrons. The van der Waals surface area contributed by atoms with E-state index in [9.17, 15) is 0 Å². The van der Waals surface area contributed by atoms with Crippen LogP contribution in [0.4, 0.5) is 0 Å². The Bertz CT molecular complexity index is 328. The molecule has 0 radical (unpaired) electrons. The molecule has 0 spiro atoms. The van der Waals surface area contributed by atoms with E-state index in [-0.39, 0.29) is 0 Å². The SMILES string of the molecule is Cc1cccc(P)c1C1(C(C)C)CC1. The number of benzene rings is 1. The molecule has 0 bridgehead atoms. The third kappa shape index (κ3) is 1.41. The number of aryl methyl sites for hydroxylation is 1. The lowest BCUT2D eigenvalue weighted by molar-refractivity contribution is 0.481. The highest BCUT2D eigenvalue weighted by molar-refractivity contribution is 7.27. The van der Waals surface area contributed by atoms with E-state index in [1.165, 1.54) is 23.7 Å². The Morgan fingerprint density at radius 3 is 2.36 bits per heavy atom. The van der Waals surface area contributed by atoms with Gasteiger partial charge in [-0.1, -0.05) is 32.0 Å². The first kappa shape index (κ1) is 10.2. The minimum absolute atomic E-state index is 0.502. The lowest BCUT2D eigenvalue weighted by atomic mass is 9.82. The van der Waals surface area contributed by atoms with E-state index in [4.69, 9.17) is 0 Å². The fourth-order valence-corrected chi connectivity index (χ4v) is 3.25. The summed E-state index contributed by atoms with van der Waals surface area (Å²) >= 11 is 0. The molecule has 1 saturated carbocycles. The summed E-state index contributed by atoms with van der Waals surface area (Å²) in [7, 11) is 2.89. The van der Waals surface area contributed by atoms with Gasteiger partial charge in [0.25, 0.3) is 0 Å². The number of rotatable bonds is 2. The summed E-state index contributed by atoms with van der Waals surface area (Å²) in [6.07, 6.45) is 2.74. The highest BCUT2D eigenvalue weighted by Gasteiger charge is 2.48. The van der Waals surface area contributed by atoms with Gasteiger partial charge in [-0.25, -0.2) is 0 Å². The van der Waals surface area contributed by atoms with Gasteiger partial charge in [0.05, 0.1) is 0 Å². The molecule has 1 fully saturated rings. The predicted octanol–water partition coefficient (Wildman–Crippen LogP) is 3.18. The second kappa shape index (κ2) is 3.35. The summed E-state index contributed by atoms with van der Waals surface area (Å²) in [4.78, 5) is 0. The van der Waals surface area contributed by atoms with Crippen molar-refractivity contribution in [1.82, 2.24) is 0 Å². The van der Waals surface area contributed by atoms with Crippen LogP contribution >= 0.6 is 9.24 Å². The van der Waals surface area contributed by atoms with Crippen LogP contribution in [0.3, 0.4) is 0 Å². The molecule has 0 heterocycles. The molecular formula is C13H19P. The first-order chi connectivity index (χ1) is 6.58. The molecule has 0 aromatic heterocycles. The second-order valence-electron chi connectivity index (χ2n) is 4.85. The zero-order valence-corrected chi connectivity index (χ0v) is 10.5. The third-order valence-electron chi connectivity index (χ3n) is 3.70. The molecule has 14 heavy (non-hydrogen) atoms. The maximum atomic E-state index is 2.89. The molecule has 0 aliphatic heterocycles. The molecule has 0 nitrogen and oxygen atoms in total. The zero-order chi connectivity index (χ0) is 10.3. The van der Waals surface area contributed by atoms with E-state index in [1.807, 2.05) is 0 Å². The van der Waals surface area contributed by atoms with E-state index in [0.29, 0.717) is 5.41 Å². The molecule has 1 unspecified atom stereocenters. The van der Waals surface area contributed by atoms with Crippen LogP contribution in [0.1, 0.15) is 37.8 Å². The maximum Gasteiger partial charge on any atom is -0.00146 e.